The fourth-order valence-corrected chi connectivity index (χ4v) is 3.61. The molecule has 0 saturated carbocycles. The van der Waals surface area contributed by atoms with Crippen molar-refractivity contribution in [3.05, 3.63) is 99.9 Å². The number of halogens is 3. The quantitative estimate of drug-likeness (QED) is 0.339. The molecule has 38 heavy (non-hydrogen) atoms. The summed E-state index contributed by atoms with van der Waals surface area (Å²) >= 11 is 0. The predicted molar refractivity (Wildman–Crippen MR) is 135 cm³/mol. The molecule has 0 aliphatic carbocycles. The molecule has 196 valence electrons. The van der Waals surface area contributed by atoms with Gasteiger partial charge in [0.05, 0.1) is 12.2 Å². The third-order valence-electron chi connectivity index (χ3n) is 5.64. The van der Waals surface area contributed by atoms with Crippen molar-refractivity contribution < 1.29 is 18.0 Å². The van der Waals surface area contributed by atoms with Gasteiger partial charge in [-0.2, -0.15) is 5.10 Å². The first-order valence-electron chi connectivity index (χ1n) is 11.7. The standard InChI is InChI=1S/C27H25F3N6O2/c1-35(2)9-8-24(37)31-13-18-14-32-27(33-15-18)19-5-3-4-17(10-19)16-36-25(38)7-6-23(34-36)20-11-21(28)26(30)22(29)12-20/h3-7,10-12,14-15H,8-9,13,16H2,1-2H3,(H,31,37). The van der Waals surface area contributed by atoms with Gasteiger partial charge in [0, 0.05) is 54.7 Å². The Morgan fingerprint density at radius 3 is 2.34 bits per heavy atom. The van der Waals surface area contributed by atoms with Gasteiger partial charge in [0.15, 0.2) is 23.3 Å². The minimum atomic E-state index is -1.57. The topological polar surface area (TPSA) is 93.0 Å². The van der Waals surface area contributed by atoms with Crippen LogP contribution < -0.4 is 10.9 Å². The van der Waals surface area contributed by atoms with E-state index in [1.54, 1.807) is 30.6 Å². The zero-order chi connectivity index (χ0) is 27.2. The molecule has 1 amide bonds. The number of amides is 1. The summed E-state index contributed by atoms with van der Waals surface area (Å²) in [6.07, 6.45) is 3.67. The highest BCUT2D eigenvalue weighted by atomic mass is 19.2. The second-order valence-electron chi connectivity index (χ2n) is 8.91. The Hall–Kier alpha value is -4.38. The van der Waals surface area contributed by atoms with Crippen molar-refractivity contribution in [2.24, 2.45) is 0 Å². The molecule has 0 aliphatic heterocycles. The van der Waals surface area contributed by atoms with Crippen LogP contribution in [-0.4, -0.2) is 51.2 Å². The molecule has 0 unspecified atom stereocenters. The molecule has 0 saturated heterocycles. The summed E-state index contributed by atoms with van der Waals surface area (Å²) in [6, 6.07) is 11.4. The number of aromatic nitrogens is 4. The number of carbonyl (C=O) groups excluding carboxylic acids is 1. The smallest absolute Gasteiger partial charge is 0.267 e. The molecule has 11 heteroatoms. The van der Waals surface area contributed by atoms with Gasteiger partial charge < -0.3 is 10.2 Å². The molecule has 2 aromatic carbocycles. The monoisotopic (exact) mass is 522 g/mol. The second kappa shape index (κ2) is 11.8. The van der Waals surface area contributed by atoms with Crippen LogP contribution in [0.3, 0.4) is 0 Å². The van der Waals surface area contributed by atoms with Gasteiger partial charge >= 0.3 is 0 Å². The van der Waals surface area contributed by atoms with Crippen LogP contribution in [0.5, 0.6) is 0 Å². The van der Waals surface area contributed by atoms with Gasteiger partial charge in [0.1, 0.15) is 0 Å². The zero-order valence-corrected chi connectivity index (χ0v) is 20.8. The van der Waals surface area contributed by atoms with Crippen LogP contribution in [0.2, 0.25) is 0 Å². The van der Waals surface area contributed by atoms with E-state index in [0.717, 1.165) is 22.4 Å². The zero-order valence-electron chi connectivity index (χ0n) is 20.8. The molecule has 2 aromatic heterocycles. The van der Waals surface area contributed by atoms with Gasteiger partial charge in [-0.1, -0.05) is 18.2 Å². The van der Waals surface area contributed by atoms with E-state index in [9.17, 15) is 22.8 Å². The average molecular weight is 523 g/mol. The maximum absolute atomic E-state index is 13.7. The Balaban J connectivity index is 1.47. The molecule has 0 bridgehead atoms. The number of carbonyl (C=O) groups is 1. The van der Waals surface area contributed by atoms with Gasteiger partial charge in [0.25, 0.3) is 5.56 Å². The lowest BCUT2D eigenvalue weighted by molar-refractivity contribution is -0.121. The van der Waals surface area contributed by atoms with Crippen molar-refractivity contribution >= 4 is 5.91 Å². The molecular weight excluding hydrogens is 497 g/mol. The molecule has 0 spiro atoms. The first-order chi connectivity index (χ1) is 18.2. The average Bonchev–Trinajstić information content (AvgIpc) is 2.90. The predicted octanol–water partition coefficient (Wildman–Crippen LogP) is 3.40. The molecule has 1 N–H and O–H groups in total. The van der Waals surface area contributed by atoms with Crippen LogP contribution in [0.4, 0.5) is 13.2 Å². The third-order valence-corrected chi connectivity index (χ3v) is 5.64. The minimum Gasteiger partial charge on any atom is -0.352 e. The Bertz CT molecular complexity index is 1480. The number of rotatable bonds is 9. The van der Waals surface area contributed by atoms with Gasteiger partial charge in [-0.15, -0.1) is 0 Å². The van der Waals surface area contributed by atoms with Crippen LogP contribution in [0.25, 0.3) is 22.6 Å². The Labute approximate surface area is 216 Å². The number of nitrogens with zero attached hydrogens (tertiary/aromatic N) is 5. The summed E-state index contributed by atoms with van der Waals surface area (Å²) in [5.41, 5.74) is 1.87. The highest BCUT2D eigenvalue weighted by molar-refractivity contribution is 5.76. The van der Waals surface area contributed by atoms with E-state index in [4.69, 9.17) is 0 Å². The van der Waals surface area contributed by atoms with E-state index in [1.807, 2.05) is 25.1 Å². The van der Waals surface area contributed by atoms with E-state index in [-0.39, 0.29) is 23.7 Å². The molecule has 0 atom stereocenters. The molecule has 0 fully saturated rings. The first kappa shape index (κ1) is 26.7. The number of nitrogens with one attached hydrogen (secondary N) is 1. The summed E-state index contributed by atoms with van der Waals surface area (Å²) in [7, 11) is 3.80. The molecular formula is C27H25F3N6O2. The van der Waals surface area contributed by atoms with Gasteiger partial charge in [-0.3, -0.25) is 9.59 Å². The van der Waals surface area contributed by atoms with Crippen molar-refractivity contribution in [1.29, 1.82) is 0 Å². The van der Waals surface area contributed by atoms with Crippen LogP contribution >= 0.6 is 0 Å². The van der Waals surface area contributed by atoms with Crippen LogP contribution in [-0.2, 0) is 17.9 Å². The lowest BCUT2D eigenvalue weighted by Crippen LogP contribution is -2.27. The summed E-state index contributed by atoms with van der Waals surface area (Å²) in [5, 5.41) is 7.04. The van der Waals surface area contributed by atoms with Crippen molar-refractivity contribution in [3.63, 3.8) is 0 Å². The Morgan fingerprint density at radius 1 is 0.947 bits per heavy atom. The minimum absolute atomic E-state index is 0.00581. The third kappa shape index (κ3) is 6.68. The lowest BCUT2D eigenvalue weighted by Gasteiger charge is -2.10. The normalized spacial score (nSPS) is 11.1. The van der Waals surface area contributed by atoms with Crippen LogP contribution in [0.1, 0.15) is 17.5 Å². The Kier molecular flexibility index (Phi) is 8.27. The van der Waals surface area contributed by atoms with E-state index < -0.39 is 23.0 Å². The van der Waals surface area contributed by atoms with E-state index in [1.165, 1.54) is 12.1 Å². The van der Waals surface area contributed by atoms with Crippen LogP contribution in [0, 0.1) is 17.5 Å². The second-order valence-corrected chi connectivity index (χ2v) is 8.91. The SMILES string of the molecule is CN(C)CCC(=O)NCc1cnc(-c2cccc(Cn3nc(-c4cc(F)c(F)c(F)c4)ccc3=O)c2)nc1. The number of hydrogen-bond donors (Lipinski definition) is 1. The molecule has 8 nitrogen and oxygen atoms in total. The summed E-state index contributed by atoms with van der Waals surface area (Å²) < 4.78 is 41.8. The lowest BCUT2D eigenvalue weighted by atomic mass is 10.1. The van der Waals surface area contributed by atoms with E-state index in [0.29, 0.717) is 36.5 Å². The summed E-state index contributed by atoms with van der Waals surface area (Å²) in [4.78, 5) is 35.0. The number of benzene rings is 2. The number of hydrogen-bond acceptors (Lipinski definition) is 6. The van der Waals surface area contributed by atoms with E-state index >= 15 is 0 Å². The van der Waals surface area contributed by atoms with Gasteiger partial charge in [-0.05, 0) is 43.9 Å². The highest BCUT2D eigenvalue weighted by Gasteiger charge is 2.14. The molecule has 0 radical (unpaired) electrons. The molecule has 4 rings (SSSR count). The van der Waals surface area contributed by atoms with Crippen molar-refractivity contribution in [3.8, 4) is 22.6 Å². The maximum Gasteiger partial charge on any atom is 0.267 e. The fourth-order valence-electron chi connectivity index (χ4n) is 3.61. The highest BCUT2D eigenvalue weighted by Crippen LogP contribution is 2.22. The van der Waals surface area contributed by atoms with E-state index in [2.05, 4.69) is 20.4 Å². The Morgan fingerprint density at radius 2 is 1.66 bits per heavy atom. The first-order valence-corrected chi connectivity index (χ1v) is 11.7. The molecule has 0 aliphatic rings. The van der Waals surface area contributed by atoms with Gasteiger partial charge in [-0.25, -0.2) is 27.8 Å². The molecule has 4 aromatic rings. The fraction of sp³-hybridized carbons (Fsp3) is 0.222. The van der Waals surface area contributed by atoms with Crippen molar-refractivity contribution in [1.82, 2.24) is 30.0 Å². The van der Waals surface area contributed by atoms with Crippen LogP contribution in [0.15, 0.2) is 65.7 Å². The van der Waals surface area contributed by atoms with Crippen molar-refractivity contribution in [2.75, 3.05) is 20.6 Å². The molecule has 2 heterocycles. The van der Waals surface area contributed by atoms with Crippen molar-refractivity contribution in [2.45, 2.75) is 19.5 Å². The van der Waals surface area contributed by atoms with Gasteiger partial charge in [0.2, 0.25) is 5.91 Å². The largest absolute Gasteiger partial charge is 0.352 e. The summed E-state index contributed by atoms with van der Waals surface area (Å²) in [6.45, 7) is 1.05. The maximum atomic E-state index is 13.7. The summed E-state index contributed by atoms with van der Waals surface area (Å²) in [5.74, 6) is -3.85.